The Bertz CT molecular complexity index is 744. The minimum absolute atomic E-state index is 0.0796. The van der Waals surface area contributed by atoms with Gasteiger partial charge in [0.05, 0.1) is 0 Å². The fourth-order valence-corrected chi connectivity index (χ4v) is 4.27. The molecule has 1 amide bonds. The van der Waals surface area contributed by atoms with Crippen molar-refractivity contribution in [2.75, 3.05) is 13.1 Å². The molecule has 24 heavy (non-hydrogen) atoms. The lowest BCUT2D eigenvalue weighted by Gasteiger charge is -2.23. The number of thiophene rings is 1. The summed E-state index contributed by atoms with van der Waals surface area (Å²) in [5, 5.41) is 1.07. The van der Waals surface area contributed by atoms with E-state index in [0.29, 0.717) is 4.88 Å². The highest BCUT2D eigenvalue weighted by molar-refractivity contribution is 7.21. The van der Waals surface area contributed by atoms with Crippen molar-refractivity contribution in [3.05, 3.63) is 34.7 Å². The number of amides is 1. The summed E-state index contributed by atoms with van der Waals surface area (Å²) in [5.41, 5.74) is 0.926. The molecule has 0 spiro atoms. The van der Waals surface area contributed by atoms with Crippen LogP contribution in [0.4, 0.5) is 0 Å². The molecule has 0 N–H and O–H groups in total. The lowest BCUT2D eigenvalue weighted by Crippen LogP contribution is -2.40. The Hall–Kier alpha value is -1.88. The number of carbonyl (C=O) groups excluding carboxylic acids is 2. The number of likely N-dealkylation sites (tertiary alicyclic amines) is 1. The van der Waals surface area contributed by atoms with Gasteiger partial charge in [-0.1, -0.05) is 31.0 Å². The summed E-state index contributed by atoms with van der Waals surface area (Å²) in [6.45, 7) is 5.13. The first-order valence-electron chi connectivity index (χ1n) is 8.56. The van der Waals surface area contributed by atoms with Gasteiger partial charge in [0, 0.05) is 17.8 Å². The van der Waals surface area contributed by atoms with E-state index in [9.17, 15) is 9.59 Å². The van der Waals surface area contributed by atoms with Crippen LogP contribution >= 0.6 is 11.3 Å². The maximum Gasteiger partial charge on any atom is 0.349 e. The molecule has 1 saturated heterocycles. The van der Waals surface area contributed by atoms with Crippen molar-refractivity contribution in [1.82, 2.24) is 4.90 Å². The molecule has 1 aromatic heterocycles. The smallest absolute Gasteiger partial charge is 0.349 e. The van der Waals surface area contributed by atoms with E-state index in [2.05, 4.69) is 0 Å². The lowest BCUT2D eigenvalue weighted by molar-refractivity contribution is -0.139. The topological polar surface area (TPSA) is 46.6 Å². The van der Waals surface area contributed by atoms with Crippen LogP contribution in [0.5, 0.6) is 0 Å². The van der Waals surface area contributed by atoms with Crippen molar-refractivity contribution in [1.29, 1.82) is 0 Å². The fraction of sp³-hybridized carbons (Fsp3) is 0.474. The number of rotatable bonds is 3. The van der Waals surface area contributed by atoms with Gasteiger partial charge >= 0.3 is 5.97 Å². The summed E-state index contributed by atoms with van der Waals surface area (Å²) in [6.07, 6.45) is 3.65. The van der Waals surface area contributed by atoms with Crippen LogP contribution < -0.4 is 0 Å². The fourth-order valence-electron chi connectivity index (χ4n) is 3.18. The Morgan fingerprint density at radius 1 is 1.12 bits per heavy atom. The molecule has 1 aliphatic rings. The van der Waals surface area contributed by atoms with Gasteiger partial charge in [-0.3, -0.25) is 4.79 Å². The summed E-state index contributed by atoms with van der Waals surface area (Å²) < 4.78 is 6.55. The number of hydrogen-bond acceptors (Lipinski definition) is 4. The number of fused-ring (bicyclic) bond motifs is 1. The van der Waals surface area contributed by atoms with Crippen LogP contribution in [0.2, 0.25) is 0 Å². The number of ether oxygens (including phenoxy) is 1. The van der Waals surface area contributed by atoms with Crippen molar-refractivity contribution in [2.45, 2.75) is 45.6 Å². The Morgan fingerprint density at radius 3 is 2.46 bits per heavy atom. The van der Waals surface area contributed by atoms with E-state index < -0.39 is 12.1 Å². The molecule has 128 valence electrons. The van der Waals surface area contributed by atoms with Gasteiger partial charge in [0.2, 0.25) is 0 Å². The molecule has 1 aliphatic heterocycles. The second-order valence-electron chi connectivity index (χ2n) is 6.34. The minimum atomic E-state index is -0.736. The van der Waals surface area contributed by atoms with Crippen LogP contribution in [-0.2, 0) is 9.53 Å². The molecule has 1 atom stereocenters. The number of aryl methyl sites for hydroxylation is 1. The van der Waals surface area contributed by atoms with Crippen LogP contribution in [0.3, 0.4) is 0 Å². The van der Waals surface area contributed by atoms with Crippen molar-refractivity contribution in [3.8, 4) is 0 Å². The summed E-state index contributed by atoms with van der Waals surface area (Å²) in [7, 11) is 0. The van der Waals surface area contributed by atoms with Gasteiger partial charge in [0.25, 0.3) is 5.91 Å². The van der Waals surface area contributed by atoms with Gasteiger partial charge in [-0.25, -0.2) is 4.79 Å². The number of carbonyl (C=O) groups is 2. The molecule has 2 aromatic rings. The quantitative estimate of drug-likeness (QED) is 0.785. The molecule has 0 bridgehead atoms. The molecule has 0 radical (unpaired) electrons. The van der Waals surface area contributed by atoms with E-state index in [1.54, 1.807) is 6.92 Å². The maximum atomic E-state index is 12.5. The Morgan fingerprint density at radius 2 is 1.79 bits per heavy atom. The molecule has 0 saturated carbocycles. The number of nitrogens with zero attached hydrogens (tertiary/aromatic N) is 1. The van der Waals surface area contributed by atoms with Crippen molar-refractivity contribution < 1.29 is 14.3 Å². The van der Waals surface area contributed by atoms with Gasteiger partial charge in [0.1, 0.15) is 4.88 Å². The maximum absolute atomic E-state index is 12.5. The number of benzene rings is 1. The third-order valence-corrected chi connectivity index (χ3v) is 5.83. The molecule has 1 aromatic carbocycles. The third-order valence-electron chi connectivity index (χ3n) is 4.58. The molecule has 0 aliphatic carbocycles. The van der Waals surface area contributed by atoms with E-state index in [4.69, 9.17) is 4.74 Å². The van der Waals surface area contributed by atoms with E-state index >= 15 is 0 Å². The van der Waals surface area contributed by atoms with E-state index in [1.165, 1.54) is 24.2 Å². The Balaban J connectivity index is 1.70. The van der Waals surface area contributed by atoms with Gasteiger partial charge < -0.3 is 9.64 Å². The zero-order valence-electron chi connectivity index (χ0n) is 14.2. The molecule has 3 rings (SSSR count). The molecule has 0 unspecified atom stereocenters. The second kappa shape index (κ2) is 7.34. The van der Waals surface area contributed by atoms with Crippen molar-refractivity contribution in [3.63, 3.8) is 0 Å². The molecular weight excluding hydrogens is 322 g/mol. The monoisotopic (exact) mass is 345 g/mol. The summed E-state index contributed by atoms with van der Waals surface area (Å²) in [5.74, 6) is -0.478. The first-order chi connectivity index (χ1) is 11.6. The van der Waals surface area contributed by atoms with E-state index in [1.807, 2.05) is 36.1 Å². The summed E-state index contributed by atoms with van der Waals surface area (Å²) in [6, 6.07) is 7.92. The number of hydrogen-bond donors (Lipinski definition) is 0. The molecule has 2 heterocycles. The summed E-state index contributed by atoms with van der Waals surface area (Å²) in [4.78, 5) is 27.5. The zero-order chi connectivity index (χ0) is 17.1. The standard InChI is InChI=1S/C19H23NO3S/c1-13-15-9-5-6-10-16(15)24-17(13)19(22)23-14(2)18(21)20-11-7-3-4-8-12-20/h5-6,9-10,14H,3-4,7-8,11-12H2,1-2H3/t14-/m0/s1. The second-order valence-corrected chi connectivity index (χ2v) is 7.39. The molecule has 5 heteroatoms. The lowest BCUT2D eigenvalue weighted by atomic mass is 10.1. The van der Waals surface area contributed by atoms with Crippen LogP contribution in [0, 0.1) is 6.92 Å². The van der Waals surface area contributed by atoms with Gasteiger partial charge in [0.15, 0.2) is 6.10 Å². The Kier molecular flexibility index (Phi) is 5.19. The van der Waals surface area contributed by atoms with Gasteiger partial charge in [-0.15, -0.1) is 11.3 Å². The van der Waals surface area contributed by atoms with E-state index in [0.717, 1.165) is 41.6 Å². The van der Waals surface area contributed by atoms with E-state index in [-0.39, 0.29) is 5.91 Å². The highest BCUT2D eigenvalue weighted by atomic mass is 32.1. The van der Waals surface area contributed by atoms with Crippen molar-refractivity contribution >= 4 is 33.3 Å². The third kappa shape index (κ3) is 3.46. The zero-order valence-corrected chi connectivity index (χ0v) is 15.0. The highest BCUT2D eigenvalue weighted by Crippen LogP contribution is 2.31. The van der Waals surface area contributed by atoms with Crippen molar-refractivity contribution in [2.24, 2.45) is 0 Å². The Labute approximate surface area is 146 Å². The molecule has 4 nitrogen and oxygen atoms in total. The van der Waals surface area contributed by atoms with Crippen LogP contribution in [0.15, 0.2) is 24.3 Å². The van der Waals surface area contributed by atoms with Crippen LogP contribution in [0.1, 0.15) is 47.8 Å². The summed E-state index contributed by atoms with van der Waals surface area (Å²) >= 11 is 1.43. The first kappa shape index (κ1) is 17.0. The normalized spacial score (nSPS) is 16.7. The molecule has 1 fully saturated rings. The molecular formula is C19H23NO3S. The largest absolute Gasteiger partial charge is 0.448 e. The van der Waals surface area contributed by atoms with Gasteiger partial charge in [-0.2, -0.15) is 0 Å². The minimum Gasteiger partial charge on any atom is -0.448 e. The van der Waals surface area contributed by atoms with Crippen LogP contribution in [-0.4, -0.2) is 36.0 Å². The van der Waals surface area contributed by atoms with Crippen LogP contribution in [0.25, 0.3) is 10.1 Å². The predicted molar refractivity (Wildman–Crippen MR) is 96.5 cm³/mol. The average Bonchev–Trinajstić information content (AvgIpc) is 2.77. The predicted octanol–water partition coefficient (Wildman–Crippen LogP) is 4.16. The highest BCUT2D eigenvalue weighted by Gasteiger charge is 2.26. The van der Waals surface area contributed by atoms with Gasteiger partial charge in [-0.05, 0) is 43.7 Å². The average molecular weight is 345 g/mol. The number of esters is 1. The SMILES string of the molecule is Cc1c(C(=O)O[C@@H](C)C(=O)N2CCCCCC2)sc2ccccc12. The first-order valence-corrected chi connectivity index (χ1v) is 9.37.